The first-order valence-electron chi connectivity index (χ1n) is 4.00. The molecule has 0 aliphatic rings. The van der Waals surface area contributed by atoms with Gasteiger partial charge in [0.25, 0.3) is 0 Å². The standard InChI is InChI=1S/C7H21Si3/c1-8(9(2,3)4)10(5,6)7/h1-7H3. The van der Waals surface area contributed by atoms with Crippen LogP contribution in [0.5, 0.6) is 0 Å². The molecule has 0 saturated heterocycles. The summed E-state index contributed by atoms with van der Waals surface area (Å²) >= 11 is 0. The van der Waals surface area contributed by atoms with Crippen LogP contribution in [0.25, 0.3) is 0 Å². The number of rotatable bonds is 2. The molecule has 0 aromatic heterocycles. The minimum absolute atomic E-state index is 0.0571. The molecule has 3 heteroatoms. The zero-order valence-corrected chi connectivity index (χ0v) is 11.5. The van der Waals surface area contributed by atoms with Gasteiger partial charge in [-0.3, -0.25) is 0 Å². The van der Waals surface area contributed by atoms with Crippen molar-refractivity contribution in [3.05, 3.63) is 0 Å². The Morgan fingerprint density at radius 1 is 0.700 bits per heavy atom. The quantitative estimate of drug-likeness (QED) is 0.586. The highest BCUT2D eigenvalue weighted by atomic mass is 29.6. The molecule has 0 N–H and O–H groups in total. The van der Waals surface area contributed by atoms with Crippen LogP contribution in [0.2, 0.25) is 45.8 Å². The Morgan fingerprint density at radius 3 is 0.900 bits per heavy atom. The summed E-state index contributed by atoms with van der Waals surface area (Å²) in [5, 5.41) is 0. The summed E-state index contributed by atoms with van der Waals surface area (Å²) in [5.74, 6) is 0. The lowest BCUT2D eigenvalue weighted by atomic mass is 11.8. The Hall–Kier alpha value is 0.651. The predicted molar refractivity (Wildman–Crippen MR) is 58.3 cm³/mol. The van der Waals surface area contributed by atoms with E-state index < -0.39 is 15.2 Å². The van der Waals surface area contributed by atoms with E-state index in [1.54, 1.807) is 0 Å². The second-order valence-corrected chi connectivity index (χ2v) is 30.4. The first-order valence-corrected chi connectivity index (χ1v) is 15.0. The zero-order chi connectivity index (χ0) is 8.58. The lowest BCUT2D eigenvalue weighted by Crippen LogP contribution is -2.56. The van der Waals surface area contributed by atoms with Crippen molar-refractivity contribution in [3.8, 4) is 0 Å². The van der Waals surface area contributed by atoms with E-state index in [4.69, 9.17) is 0 Å². The van der Waals surface area contributed by atoms with E-state index >= 15 is 0 Å². The molecule has 10 heavy (non-hydrogen) atoms. The van der Waals surface area contributed by atoms with Crippen LogP contribution in [-0.2, 0) is 0 Å². The normalized spacial score (nSPS) is 14.4. The fourth-order valence-corrected chi connectivity index (χ4v) is 30.4. The van der Waals surface area contributed by atoms with Gasteiger partial charge in [-0.1, -0.05) is 45.8 Å². The summed E-state index contributed by atoms with van der Waals surface area (Å²) in [6.07, 6.45) is 0. The van der Waals surface area contributed by atoms with Gasteiger partial charge in [0, 0.05) is 23.0 Å². The van der Waals surface area contributed by atoms with Crippen molar-refractivity contribution in [2.45, 2.75) is 45.8 Å². The maximum absolute atomic E-state index is 2.56. The molecule has 0 aliphatic heterocycles. The maximum atomic E-state index is 2.56. The van der Waals surface area contributed by atoms with Gasteiger partial charge in [-0.25, -0.2) is 0 Å². The summed E-state index contributed by atoms with van der Waals surface area (Å²) in [4.78, 5) is 0. The van der Waals surface area contributed by atoms with E-state index in [1.807, 2.05) is 0 Å². The van der Waals surface area contributed by atoms with Crippen LogP contribution in [0, 0.1) is 0 Å². The molecular weight excluding hydrogens is 168 g/mol. The molecule has 0 rings (SSSR count). The largest absolute Gasteiger partial charge is 0.0750 e. The summed E-state index contributed by atoms with van der Waals surface area (Å²) < 4.78 is 0. The highest BCUT2D eigenvalue weighted by Crippen LogP contribution is 2.16. The Morgan fingerprint density at radius 2 is 0.900 bits per heavy atom. The summed E-state index contributed by atoms with van der Waals surface area (Å²) in [7, 11) is -1.41. The van der Waals surface area contributed by atoms with Gasteiger partial charge in [-0.05, 0) is 0 Å². The molecule has 0 fully saturated rings. The monoisotopic (exact) mass is 189 g/mol. The van der Waals surface area contributed by atoms with Crippen LogP contribution in [-0.4, -0.2) is 23.0 Å². The average Bonchev–Trinajstić information content (AvgIpc) is 1.59. The van der Waals surface area contributed by atoms with Gasteiger partial charge in [-0.15, -0.1) is 0 Å². The lowest BCUT2D eigenvalue weighted by molar-refractivity contribution is 1.78. The van der Waals surface area contributed by atoms with Gasteiger partial charge in [0.15, 0.2) is 0 Å². The molecule has 0 heterocycles. The smallest absolute Gasteiger partial charge is 0.0329 e. The zero-order valence-electron chi connectivity index (χ0n) is 8.50. The van der Waals surface area contributed by atoms with Crippen LogP contribution in [0.1, 0.15) is 0 Å². The van der Waals surface area contributed by atoms with Gasteiger partial charge < -0.3 is 0 Å². The molecule has 0 amide bonds. The van der Waals surface area contributed by atoms with Crippen molar-refractivity contribution in [3.63, 3.8) is 0 Å². The van der Waals surface area contributed by atoms with E-state index in [0.717, 1.165) is 0 Å². The molecule has 61 valence electrons. The number of hydrogen-bond acceptors (Lipinski definition) is 0. The molecule has 0 atom stereocenters. The van der Waals surface area contributed by atoms with Crippen molar-refractivity contribution in [1.82, 2.24) is 0 Å². The predicted octanol–water partition coefficient (Wildman–Crippen LogP) is 2.94. The highest BCUT2D eigenvalue weighted by molar-refractivity contribution is 7.59. The molecule has 0 aromatic rings. The van der Waals surface area contributed by atoms with Crippen LogP contribution >= 0.6 is 0 Å². The van der Waals surface area contributed by atoms with Gasteiger partial charge in [0.2, 0.25) is 0 Å². The second-order valence-electron chi connectivity index (χ2n) is 5.12. The van der Waals surface area contributed by atoms with E-state index in [-0.39, 0.29) is 7.83 Å². The third-order valence-electron chi connectivity index (χ3n) is 2.25. The Labute approximate surface area is 69.2 Å². The Kier molecular flexibility index (Phi) is 3.14. The molecule has 0 aromatic carbocycles. The minimum Gasteiger partial charge on any atom is -0.0750 e. The fourth-order valence-electron chi connectivity index (χ4n) is 1.12. The fraction of sp³-hybridized carbons (Fsp3) is 1.00. The van der Waals surface area contributed by atoms with E-state index in [0.29, 0.717) is 0 Å². The van der Waals surface area contributed by atoms with Gasteiger partial charge in [0.05, 0.1) is 0 Å². The maximum Gasteiger partial charge on any atom is 0.0329 e. The highest BCUT2D eigenvalue weighted by Gasteiger charge is 2.34. The van der Waals surface area contributed by atoms with E-state index in [9.17, 15) is 0 Å². The average molecular weight is 190 g/mol. The lowest BCUT2D eigenvalue weighted by Gasteiger charge is -2.33. The summed E-state index contributed by atoms with van der Waals surface area (Å²) in [5.41, 5.74) is 0. The Bertz CT molecular complexity index is 93.0. The summed E-state index contributed by atoms with van der Waals surface area (Å²) in [6.45, 7) is 17.7. The first kappa shape index (κ1) is 10.7. The summed E-state index contributed by atoms with van der Waals surface area (Å²) in [6, 6.07) is 0. The minimum atomic E-state index is -0.732. The topological polar surface area (TPSA) is 0 Å². The van der Waals surface area contributed by atoms with Crippen molar-refractivity contribution in [2.75, 3.05) is 0 Å². The van der Waals surface area contributed by atoms with Gasteiger partial charge in [-0.2, -0.15) is 0 Å². The van der Waals surface area contributed by atoms with Gasteiger partial charge in [0.1, 0.15) is 0 Å². The van der Waals surface area contributed by atoms with Crippen LogP contribution < -0.4 is 0 Å². The Balaban J connectivity index is 4.23. The van der Waals surface area contributed by atoms with Crippen molar-refractivity contribution < 1.29 is 0 Å². The molecule has 0 bridgehead atoms. The molecule has 0 saturated carbocycles. The molecule has 0 spiro atoms. The van der Waals surface area contributed by atoms with Crippen molar-refractivity contribution in [2.24, 2.45) is 0 Å². The van der Waals surface area contributed by atoms with Gasteiger partial charge >= 0.3 is 0 Å². The van der Waals surface area contributed by atoms with Crippen LogP contribution in [0.4, 0.5) is 0 Å². The molecule has 1 radical (unpaired) electrons. The second kappa shape index (κ2) is 2.95. The molecule has 0 unspecified atom stereocenters. The number of hydrogen-bond donors (Lipinski definition) is 0. The molecule has 0 aliphatic carbocycles. The van der Waals surface area contributed by atoms with Crippen molar-refractivity contribution in [1.29, 1.82) is 0 Å². The molecular formula is C7H21Si3. The van der Waals surface area contributed by atoms with Crippen molar-refractivity contribution >= 4 is 23.0 Å². The third-order valence-corrected chi connectivity index (χ3v) is 33.8. The van der Waals surface area contributed by atoms with E-state index in [2.05, 4.69) is 45.8 Å². The van der Waals surface area contributed by atoms with E-state index in [1.165, 1.54) is 0 Å². The molecule has 0 nitrogen and oxygen atoms in total. The SMILES string of the molecule is C[Si]([Si](C)(C)C)[Si](C)(C)C. The van der Waals surface area contributed by atoms with Crippen LogP contribution in [0.15, 0.2) is 0 Å². The third kappa shape index (κ3) is 3.16. The van der Waals surface area contributed by atoms with Crippen LogP contribution in [0.3, 0.4) is 0 Å². The first-order chi connectivity index (χ1) is 4.15.